The molecule has 0 aromatic heterocycles. The van der Waals surface area contributed by atoms with E-state index in [1.165, 1.54) is 40.3 Å². The number of halogens is 2. The number of nitrogens with zero attached hydrogens (tertiary/aromatic N) is 1. The van der Waals surface area contributed by atoms with Crippen molar-refractivity contribution < 1.29 is 22.3 Å². The number of nitrogens with one attached hydrogen (secondary N) is 1. The third-order valence-electron chi connectivity index (χ3n) is 4.30. The molecule has 1 atom stereocenters. The number of ether oxygens (including phenoxy) is 1. The van der Waals surface area contributed by atoms with Crippen LogP contribution in [0.1, 0.15) is 6.92 Å². The molecule has 1 aliphatic heterocycles. The molecule has 0 saturated carbocycles. The molecule has 1 unspecified atom stereocenters. The average molecular weight is 459 g/mol. The van der Waals surface area contributed by atoms with Crippen molar-refractivity contribution in [2.75, 3.05) is 31.6 Å². The number of hydrogen-bond acceptors (Lipinski definition) is 5. The van der Waals surface area contributed by atoms with Crippen LogP contribution < -0.4 is 5.32 Å². The Morgan fingerprint density at radius 1 is 1.21 bits per heavy atom. The smallest absolute Gasteiger partial charge is 0.243 e. The summed E-state index contributed by atoms with van der Waals surface area (Å²) in [6.07, 6.45) is 0. The molecule has 3 rings (SSSR count). The third kappa shape index (κ3) is 5.49. The van der Waals surface area contributed by atoms with Gasteiger partial charge in [-0.1, -0.05) is 11.6 Å². The summed E-state index contributed by atoms with van der Waals surface area (Å²) in [5, 5.41) is 2.29. The summed E-state index contributed by atoms with van der Waals surface area (Å²) < 4.78 is 45.1. The van der Waals surface area contributed by atoms with E-state index in [0.29, 0.717) is 36.9 Å². The Bertz CT molecular complexity index is 980. The first-order valence-electron chi connectivity index (χ1n) is 8.88. The van der Waals surface area contributed by atoms with Gasteiger partial charge in [0.05, 0.1) is 28.4 Å². The minimum Gasteiger partial charge on any atom is -0.379 e. The third-order valence-corrected chi connectivity index (χ3v) is 7.60. The first-order valence-corrected chi connectivity index (χ1v) is 11.6. The van der Waals surface area contributed by atoms with Crippen molar-refractivity contribution in [3.8, 4) is 0 Å². The van der Waals surface area contributed by atoms with Crippen LogP contribution in [-0.4, -0.2) is 50.2 Å². The van der Waals surface area contributed by atoms with Crippen LogP contribution in [0, 0.1) is 5.82 Å². The van der Waals surface area contributed by atoms with Gasteiger partial charge < -0.3 is 10.1 Å². The van der Waals surface area contributed by atoms with Crippen molar-refractivity contribution in [1.82, 2.24) is 4.31 Å². The van der Waals surface area contributed by atoms with Crippen LogP contribution in [0.2, 0.25) is 5.02 Å². The van der Waals surface area contributed by atoms with Crippen LogP contribution in [0.5, 0.6) is 0 Å². The van der Waals surface area contributed by atoms with Crippen molar-refractivity contribution in [1.29, 1.82) is 0 Å². The summed E-state index contributed by atoms with van der Waals surface area (Å²) in [4.78, 5) is 13.3. The number of amides is 1. The average Bonchev–Trinajstić information content (AvgIpc) is 2.72. The summed E-state index contributed by atoms with van der Waals surface area (Å²) in [5.41, 5.74) is 0.487. The summed E-state index contributed by atoms with van der Waals surface area (Å²) in [7, 11) is -3.58. The molecule has 0 spiro atoms. The van der Waals surface area contributed by atoms with Gasteiger partial charge in [-0.3, -0.25) is 4.79 Å². The molecular weight excluding hydrogens is 439 g/mol. The highest BCUT2D eigenvalue weighted by atomic mass is 35.5. The van der Waals surface area contributed by atoms with Crippen molar-refractivity contribution in [3.05, 3.63) is 53.3 Å². The van der Waals surface area contributed by atoms with E-state index in [1.54, 1.807) is 25.1 Å². The Kier molecular flexibility index (Phi) is 7.18. The fraction of sp³-hybridized carbons (Fsp3) is 0.316. The molecule has 29 heavy (non-hydrogen) atoms. The standard InChI is InChI=1S/C19H20ClFN2O4S2/c1-13(28-15-4-7-18(21)17(20)12-15)19(24)22-14-2-5-16(6-3-14)29(25,26)23-8-10-27-11-9-23/h2-7,12-13H,8-11H2,1H3,(H,22,24). The van der Waals surface area contributed by atoms with Gasteiger partial charge in [-0.25, -0.2) is 12.8 Å². The molecule has 156 valence electrons. The molecule has 1 aliphatic rings. The molecule has 1 N–H and O–H groups in total. The number of morpholine rings is 1. The van der Waals surface area contributed by atoms with Gasteiger partial charge in [0.25, 0.3) is 0 Å². The molecule has 6 nitrogen and oxygen atoms in total. The van der Waals surface area contributed by atoms with Gasteiger partial charge in [0.2, 0.25) is 15.9 Å². The van der Waals surface area contributed by atoms with Gasteiger partial charge in [-0.05, 0) is 49.4 Å². The largest absolute Gasteiger partial charge is 0.379 e. The van der Waals surface area contributed by atoms with E-state index in [1.807, 2.05) is 0 Å². The van der Waals surface area contributed by atoms with Crippen molar-refractivity contribution in [2.24, 2.45) is 0 Å². The lowest BCUT2D eigenvalue weighted by Gasteiger charge is -2.26. The van der Waals surface area contributed by atoms with Gasteiger partial charge in [0.1, 0.15) is 5.82 Å². The number of thioether (sulfide) groups is 1. The molecule has 1 amide bonds. The Morgan fingerprint density at radius 2 is 1.86 bits per heavy atom. The van der Waals surface area contributed by atoms with Crippen molar-refractivity contribution >= 4 is 45.0 Å². The Labute approximate surface area is 178 Å². The Hall–Kier alpha value is -1.65. The molecule has 0 radical (unpaired) electrons. The minimum atomic E-state index is -3.58. The van der Waals surface area contributed by atoms with E-state index in [2.05, 4.69) is 5.32 Å². The van der Waals surface area contributed by atoms with Crippen LogP contribution in [0.3, 0.4) is 0 Å². The first-order chi connectivity index (χ1) is 13.8. The number of sulfonamides is 1. The lowest BCUT2D eigenvalue weighted by Crippen LogP contribution is -2.40. The summed E-state index contributed by atoms with van der Waals surface area (Å²) in [6, 6.07) is 10.3. The molecule has 0 aliphatic carbocycles. The van der Waals surface area contributed by atoms with Crippen molar-refractivity contribution in [3.63, 3.8) is 0 Å². The molecule has 0 bridgehead atoms. The van der Waals surface area contributed by atoms with Crippen LogP contribution in [-0.2, 0) is 19.6 Å². The number of carbonyl (C=O) groups excluding carboxylic acids is 1. The number of rotatable bonds is 6. The normalized spacial score (nSPS) is 16.4. The molecule has 1 fully saturated rings. The van der Waals surface area contributed by atoms with E-state index in [9.17, 15) is 17.6 Å². The van der Waals surface area contributed by atoms with E-state index in [0.717, 1.165) is 0 Å². The second kappa shape index (κ2) is 9.44. The zero-order chi connectivity index (χ0) is 21.0. The monoisotopic (exact) mass is 458 g/mol. The highest BCUT2D eigenvalue weighted by Gasteiger charge is 2.26. The molecule has 2 aromatic carbocycles. The van der Waals surface area contributed by atoms with Gasteiger partial charge >= 0.3 is 0 Å². The SMILES string of the molecule is CC(Sc1ccc(F)c(Cl)c1)C(=O)Nc1ccc(S(=O)(=O)N2CCOCC2)cc1. The molecule has 10 heteroatoms. The molecule has 2 aromatic rings. The Morgan fingerprint density at radius 3 is 2.48 bits per heavy atom. The van der Waals surface area contributed by atoms with E-state index < -0.39 is 21.1 Å². The van der Waals surface area contributed by atoms with Gasteiger partial charge in [0.15, 0.2) is 0 Å². The fourth-order valence-electron chi connectivity index (χ4n) is 2.70. The summed E-state index contributed by atoms with van der Waals surface area (Å²) in [6.45, 7) is 3.12. The van der Waals surface area contributed by atoms with E-state index >= 15 is 0 Å². The lowest BCUT2D eigenvalue weighted by atomic mass is 10.3. The zero-order valence-electron chi connectivity index (χ0n) is 15.6. The lowest BCUT2D eigenvalue weighted by molar-refractivity contribution is -0.115. The van der Waals surface area contributed by atoms with Crippen LogP contribution in [0.25, 0.3) is 0 Å². The molecule has 1 heterocycles. The van der Waals surface area contributed by atoms with Crippen LogP contribution >= 0.6 is 23.4 Å². The molecular formula is C19H20ClFN2O4S2. The summed E-state index contributed by atoms with van der Waals surface area (Å²) >= 11 is 7.01. The van der Waals surface area contributed by atoms with Crippen molar-refractivity contribution in [2.45, 2.75) is 22.0 Å². The topological polar surface area (TPSA) is 75.7 Å². The number of carbonyl (C=O) groups is 1. The Balaban J connectivity index is 1.62. The maximum absolute atomic E-state index is 13.2. The quantitative estimate of drug-likeness (QED) is 0.669. The van der Waals surface area contributed by atoms with Gasteiger partial charge in [-0.2, -0.15) is 4.31 Å². The van der Waals surface area contributed by atoms with E-state index in [-0.39, 0.29) is 15.8 Å². The zero-order valence-corrected chi connectivity index (χ0v) is 18.0. The van der Waals surface area contributed by atoms with Crippen LogP contribution in [0.15, 0.2) is 52.3 Å². The summed E-state index contributed by atoms with van der Waals surface area (Å²) in [5.74, 6) is -0.778. The maximum atomic E-state index is 13.2. The minimum absolute atomic E-state index is 0.000302. The molecule has 1 saturated heterocycles. The number of benzene rings is 2. The highest BCUT2D eigenvalue weighted by molar-refractivity contribution is 8.00. The van der Waals surface area contributed by atoms with Gasteiger partial charge in [0, 0.05) is 23.7 Å². The van der Waals surface area contributed by atoms with E-state index in [4.69, 9.17) is 16.3 Å². The predicted octanol–water partition coefficient (Wildman–Crippen LogP) is 3.62. The number of anilines is 1. The van der Waals surface area contributed by atoms with Gasteiger partial charge in [-0.15, -0.1) is 11.8 Å². The first kappa shape index (κ1) is 22.0. The predicted molar refractivity (Wildman–Crippen MR) is 111 cm³/mol. The second-order valence-electron chi connectivity index (χ2n) is 6.37. The van der Waals surface area contributed by atoms with Crippen LogP contribution in [0.4, 0.5) is 10.1 Å². The second-order valence-corrected chi connectivity index (χ2v) is 10.1. The number of hydrogen-bond donors (Lipinski definition) is 1. The fourth-order valence-corrected chi connectivity index (χ4v) is 5.26. The highest BCUT2D eigenvalue weighted by Crippen LogP contribution is 2.28. The maximum Gasteiger partial charge on any atom is 0.243 e.